The summed E-state index contributed by atoms with van der Waals surface area (Å²) in [6.07, 6.45) is 6.73. The van der Waals surface area contributed by atoms with E-state index >= 15 is 0 Å². The molecule has 1 N–H and O–H groups in total. The maximum Gasteiger partial charge on any atom is 0.339 e. The number of amides is 3. The number of benzene rings is 1. The summed E-state index contributed by atoms with van der Waals surface area (Å²) in [5.74, 6) is -0.251. The average Bonchev–Trinajstić information content (AvgIpc) is 3.59. The zero-order chi connectivity index (χ0) is 33.1. The van der Waals surface area contributed by atoms with Crippen LogP contribution < -0.4 is 14.4 Å². The van der Waals surface area contributed by atoms with Crippen molar-refractivity contribution in [3.63, 3.8) is 0 Å². The van der Waals surface area contributed by atoms with Gasteiger partial charge in [-0.1, -0.05) is 26.2 Å². The molecular formula is C33H45N5O8. The van der Waals surface area contributed by atoms with Gasteiger partial charge in [0.05, 0.1) is 26.7 Å². The predicted octanol–water partition coefficient (Wildman–Crippen LogP) is 3.22. The SMILES string of the molecule is CCCCC[C@H](CN(C=O)OCc1ccc(OC)cc1OC)C(=O)N1CCC[C@H]1C(=O)N1CCN(c2ncccc2C(=O)O)CC1. The Kier molecular flexibility index (Phi) is 12.6. The van der Waals surface area contributed by atoms with E-state index < -0.39 is 17.9 Å². The molecule has 3 amide bonds. The minimum atomic E-state index is -1.05. The van der Waals surface area contributed by atoms with Crippen molar-refractivity contribution < 1.29 is 38.6 Å². The molecule has 2 fully saturated rings. The summed E-state index contributed by atoms with van der Waals surface area (Å²) in [6.45, 7) is 4.36. The average molecular weight is 640 g/mol. The van der Waals surface area contributed by atoms with Crippen LogP contribution in [0.2, 0.25) is 0 Å². The first kappa shape index (κ1) is 34.5. The van der Waals surface area contributed by atoms with Crippen molar-refractivity contribution in [3.8, 4) is 11.5 Å². The van der Waals surface area contributed by atoms with Gasteiger partial charge in [0.1, 0.15) is 35.5 Å². The van der Waals surface area contributed by atoms with Crippen LogP contribution in [0, 0.1) is 5.92 Å². The topological polar surface area (TPSA) is 142 Å². The molecule has 1 aromatic carbocycles. The standard InChI is InChI=1S/C33H45N5O8/c1-4-5-6-9-24(21-37(23-39)46-22-25-12-13-26(44-2)20-29(25)45-3)31(40)38-15-8-11-28(38)32(41)36-18-16-35(17-19-36)30-27(33(42)43)10-7-14-34-30/h7,10,12-14,20,23-24,28H,4-6,8-9,11,15-19,21-22H2,1-3H3,(H,42,43)/t24-,28+/m1/s1. The molecule has 13 nitrogen and oxygen atoms in total. The van der Waals surface area contributed by atoms with Crippen LogP contribution in [-0.4, -0.2) is 109 Å². The van der Waals surface area contributed by atoms with Gasteiger partial charge in [-0.15, -0.1) is 0 Å². The Labute approximate surface area is 269 Å². The van der Waals surface area contributed by atoms with Crippen molar-refractivity contribution in [1.82, 2.24) is 19.8 Å². The molecule has 1 aromatic heterocycles. The van der Waals surface area contributed by atoms with E-state index in [1.807, 2.05) is 4.90 Å². The number of unbranched alkanes of at least 4 members (excludes halogenated alkanes) is 2. The number of anilines is 1. The molecule has 2 aromatic rings. The number of ether oxygens (including phenoxy) is 2. The van der Waals surface area contributed by atoms with Crippen LogP contribution >= 0.6 is 0 Å². The number of nitrogens with zero attached hydrogens (tertiary/aromatic N) is 5. The van der Waals surface area contributed by atoms with E-state index in [2.05, 4.69) is 11.9 Å². The number of methoxy groups -OCH3 is 2. The third-order valence-corrected chi connectivity index (χ3v) is 8.63. The Balaban J connectivity index is 1.40. The van der Waals surface area contributed by atoms with E-state index in [0.717, 1.165) is 29.9 Å². The number of carboxylic acid groups (broad SMARTS) is 1. The molecule has 2 atom stereocenters. The maximum atomic E-state index is 14.0. The molecule has 0 bridgehead atoms. The molecule has 0 radical (unpaired) electrons. The van der Waals surface area contributed by atoms with Crippen LogP contribution in [0.25, 0.3) is 0 Å². The molecule has 0 saturated carbocycles. The van der Waals surface area contributed by atoms with Gasteiger partial charge in [-0.25, -0.2) is 14.8 Å². The van der Waals surface area contributed by atoms with Crippen LogP contribution in [0.3, 0.4) is 0 Å². The first-order chi connectivity index (χ1) is 22.3. The largest absolute Gasteiger partial charge is 0.497 e. The number of hydrogen-bond acceptors (Lipinski definition) is 9. The van der Waals surface area contributed by atoms with Gasteiger partial charge in [0.2, 0.25) is 18.2 Å². The van der Waals surface area contributed by atoms with Crippen molar-refractivity contribution in [2.75, 3.05) is 58.4 Å². The summed E-state index contributed by atoms with van der Waals surface area (Å²) in [6, 6.07) is 7.84. The third-order valence-electron chi connectivity index (χ3n) is 8.63. The second-order valence-electron chi connectivity index (χ2n) is 11.5. The molecule has 3 heterocycles. The summed E-state index contributed by atoms with van der Waals surface area (Å²) >= 11 is 0. The predicted molar refractivity (Wildman–Crippen MR) is 169 cm³/mol. The minimum absolute atomic E-state index is 0.0606. The molecule has 2 aliphatic heterocycles. The highest BCUT2D eigenvalue weighted by Crippen LogP contribution is 2.28. The zero-order valence-corrected chi connectivity index (χ0v) is 26.9. The number of rotatable bonds is 16. The molecule has 250 valence electrons. The van der Waals surface area contributed by atoms with Gasteiger partial charge in [0.25, 0.3) is 0 Å². The zero-order valence-electron chi connectivity index (χ0n) is 26.9. The second kappa shape index (κ2) is 16.8. The molecule has 4 rings (SSSR count). The summed E-state index contributed by atoms with van der Waals surface area (Å²) in [5, 5.41) is 10.7. The molecule has 13 heteroatoms. The fourth-order valence-electron chi connectivity index (χ4n) is 6.09. The molecule has 46 heavy (non-hydrogen) atoms. The van der Waals surface area contributed by atoms with Crippen molar-refractivity contribution in [2.24, 2.45) is 5.92 Å². The maximum absolute atomic E-state index is 14.0. The van der Waals surface area contributed by atoms with E-state index in [0.29, 0.717) is 75.7 Å². The second-order valence-corrected chi connectivity index (χ2v) is 11.5. The Morgan fingerprint density at radius 3 is 2.54 bits per heavy atom. The van der Waals surface area contributed by atoms with Gasteiger partial charge in [-0.3, -0.25) is 19.2 Å². The Hall–Kier alpha value is -4.39. The van der Waals surface area contributed by atoms with E-state index in [1.165, 1.54) is 6.07 Å². The minimum Gasteiger partial charge on any atom is -0.497 e. The Bertz CT molecular complexity index is 1350. The summed E-state index contributed by atoms with van der Waals surface area (Å²) in [4.78, 5) is 67.0. The highest BCUT2D eigenvalue weighted by atomic mass is 16.7. The summed E-state index contributed by atoms with van der Waals surface area (Å²) < 4.78 is 10.7. The lowest BCUT2D eigenvalue weighted by molar-refractivity contribution is -0.183. The fraction of sp³-hybridized carbons (Fsp3) is 0.545. The van der Waals surface area contributed by atoms with E-state index in [1.54, 1.807) is 54.5 Å². The summed E-state index contributed by atoms with van der Waals surface area (Å²) in [7, 11) is 3.11. The lowest BCUT2D eigenvalue weighted by atomic mass is 9.98. The van der Waals surface area contributed by atoms with Gasteiger partial charge in [0, 0.05) is 50.6 Å². The number of carbonyl (C=O) groups excluding carboxylic acids is 3. The first-order valence-corrected chi connectivity index (χ1v) is 15.9. The molecule has 0 aliphatic carbocycles. The monoisotopic (exact) mass is 639 g/mol. The highest BCUT2D eigenvalue weighted by Gasteiger charge is 2.40. The molecule has 0 spiro atoms. The Morgan fingerprint density at radius 2 is 1.87 bits per heavy atom. The number of piperazine rings is 1. The van der Waals surface area contributed by atoms with Gasteiger partial charge < -0.3 is 29.3 Å². The summed E-state index contributed by atoms with van der Waals surface area (Å²) in [5.41, 5.74) is 0.844. The van der Waals surface area contributed by atoms with Crippen LogP contribution in [0.15, 0.2) is 36.5 Å². The number of hydroxylamine groups is 2. The van der Waals surface area contributed by atoms with E-state index in [9.17, 15) is 24.3 Å². The number of carboxylic acids is 1. The van der Waals surface area contributed by atoms with Gasteiger partial charge in [-0.2, -0.15) is 0 Å². The van der Waals surface area contributed by atoms with Crippen LogP contribution in [0.4, 0.5) is 5.82 Å². The molecule has 0 unspecified atom stereocenters. The molecule has 2 saturated heterocycles. The number of aromatic nitrogens is 1. The number of carbonyl (C=O) groups is 4. The van der Waals surface area contributed by atoms with Crippen molar-refractivity contribution in [2.45, 2.75) is 58.1 Å². The number of likely N-dealkylation sites (tertiary alicyclic amines) is 1. The third kappa shape index (κ3) is 8.45. The smallest absolute Gasteiger partial charge is 0.339 e. The lowest BCUT2D eigenvalue weighted by Gasteiger charge is -2.38. The lowest BCUT2D eigenvalue weighted by Crippen LogP contribution is -2.55. The van der Waals surface area contributed by atoms with E-state index in [-0.39, 0.29) is 30.5 Å². The fourth-order valence-corrected chi connectivity index (χ4v) is 6.09. The van der Waals surface area contributed by atoms with Crippen molar-refractivity contribution in [3.05, 3.63) is 47.7 Å². The van der Waals surface area contributed by atoms with Gasteiger partial charge in [-0.05, 0) is 43.5 Å². The number of hydrogen-bond donors (Lipinski definition) is 1. The number of aromatic carboxylic acids is 1. The van der Waals surface area contributed by atoms with Crippen LogP contribution in [0.5, 0.6) is 11.5 Å². The van der Waals surface area contributed by atoms with Gasteiger partial charge in [0.15, 0.2) is 0 Å². The normalized spacial score (nSPS) is 17.0. The Morgan fingerprint density at radius 1 is 1.09 bits per heavy atom. The van der Waals surface area contributed by atoms with Crippen molar-refractivity contribution in [1.29, 1.82) is 0 Å². The molecule has 2 aliphatic rings. The van der Waals surface area contributed by atoms with Gasteiger partial charge >= 0.3 is 5.97 Å². The first-order valence-electron chi connectivity index (χ1n) is 15.9. The quantitative estimate of drug-likeness (QED) is 0.165. The molecular weight excluding hydrogens is 594 g/mol. The van der Waals surface area contributed by atoms with Crippen LogP contribution in [0.1, 0.15) is 61.4 Å². The van der Waals surface area contributed by atoms with Crippen LogP contribution in [-0.2, 0) is 25.8 Å². The number of pyridine rings is 1. The van der Waals surface area contributed by atoms with E-state index in [4.69, 9.17) is 14.3 Å². The highest BCUT2D eigenvalue weighted by molar-refractivity contribution is 5.93. The van der Waals surface area contributed by atoms with Crippen molar-refractivity contribution >= 4 is 30.0 Å².